The summed E-state index contributed by atoms with van der Waals surface area (Å²) in [5, 5.41) is 11.8. The Morgan fingerprint density at radius 3 is 2.29 bits per heavy atom. The predicted molar refractivity (Wildman–Crippen MR) is 117 cm³/mol. The average molecular weight is 420 g/mol. The minimum Gasteiger partial charge on any atom is -0.497 e. The molecule has 2 heterocycles. The normalized spacial score (nSPS) is 11.1. The number of hydrogen-bond acceptors (Lipinski definition) is 5. The predicted octanol–water partition coefficient (Wildman–Crippen LogP) is 2.92. The van der Waals surface area contributed by atoms with Gasteiger partial charge in [0.15, 0.2) is 0 Å². The number of methoxy groups -OCH3 is 1. The summed E-state index contributed by atoms with van der Waals surface area (Å²) in [4.78, 5) is 36.7. The quantitative estimate of drug-likeness (QED) is 0.373. The summed E-state index contributed by atoms with van der Waals surface area (Å²) < 4.78 is 9.41. The van der Waals surface area contributed by atoms with Crippen molar-refractivity contribution in [1.82, 2.24) is 13.7 Å². The minimum atomic E-state index is -0.469. The SMILES string of the molecule is COc1ccc(-n2cc3c(c2-c2ccc(C)c([N+](=O)[O-])c2)c(=O)n(C)c(=O)n3C)cc1. The molecule has 0 atom stereocenters. The van der Waals surface area contributed by atoms with Gasteiger partial charge in [-0.2, -0.15) is 0 Å². The molecule has 0 bridgehead atoms. The van der Waals surface area contributed by atoms with Crippen molar-refractivity contribution < 1.29 is 9.66 Å². The Hall–Kier alpha value is -4.14. The van der Waals surface area contributed by atoms with E-state index in [1.165, 1.54) is 17.7 Å². The Balaban J connectivity index is 2.16. The summed E-state index contributed by atoms with van der Waals surface area (Å²) in [6, 6.07) is 12.0. The van der Waals surface area contributed by atoms with Gasteiger partial charge in [-0.05, 0) is 31.2 Å². The highest BCUT2D eigenvalue weighted by molar-refractivity contribution is 5.95. The topological polar surface area (TPSA) is 101 Å². The smallest absolute Gasteiger partial charge is 0.330 e. The molecular formula is C22H20N4O5. The molecular weight excluding hydrogens is 400 g/mol. The van der Waals surface area contributed by atoms with Crippen LogP contribution in [0.1, 0.15) is 5.56 Å². The zero-order chi connectivity index (χ0) is 22.4. The first-order valence-corrected chi connectivity index (χ1v) is 9.45. The molecule has 0 aliphatic rings. The summed E-state index contributed by atoms with van der Waals surface area (Å²) in [5.74, 6) is 0.663. The maximum atomic E-state index is 13.1. The van der Waals surface area contributed by atoms with Crippen LogP contribution in [0, 0.1) is 17.0 Å². The van der Waals surface area contributed by atoms with Gasteiger partial charge in [0.1, 0.15) is 5.75 Å². The number of aryl methyl sites for hydroxylation is 2. The summed E-state index contributed by atoms with van der Waals surface area (Å²) >= 11 is 0. The number of benzene rings is 2. The number of nitro benzene ring substituents is 1. The van der Waals surface area contributed by atoms with E-state index in [-0.39, 0.29) is 5.69 Å². The van der Waals surface area contributed by atoms with Crippen molar-refractivity contribution in [3.8, 4) is 22.7 Å². The van der Waals surface area contributed by atoms with E-state index in [0.717, 1.165) is 4.57 Å². The summed E-state index contributed by atoms with van der Waals surface area (Å²) in [6.07, 6.45) is 1.70. The lowest BCUT2D eigenvalue weighted by atomic mass is 10.1. The third-order valence-electron chi connectivity index (χ3n) is 5.47. The van der Waals surface area contributed by atoms with E-state index in [9.17, 15) is 19.7 Å². The number of rotatable bonds is 4. The molecule has 4 aromatic rings. The van der Waals surface area contributed by atoms with Crippen molar-refractivity contribution in [1.29, 1.82) is 0 Å². The van der Waals surface area contributed by atoms with Gasteiger partial charge in [0, 0.05) is 43.2 Å². The molecule has 0 aliphatic heterocycles. The van der Waals surface area contributed by atoms with E-state index < -0.39 is 16.2 Å². The molecule has 9 heteroatoms. The fraction of sp³-hybridized carbons (Fsp3) is 0.182. The van der Waals surface area contributed by atoms with Crippen LogP contribution in [0.3, 0.4) is 0 Å². The van der Waals surface area contributed by atoms with Crippen LogP contribution in [0.5, 0.6) is 5.75 Å². The Bertz CT molecular complexity index is 1460. The molecule has 0 saturated heterocycles. The van der Waals surface area contributed by atoms with Gasteiger partial charge in [-0.3, -0.25) is 24.0 Å². The molecule has 0 aliphatic carbocycles. The summed E-state index contributed by atoms with van der Waals surface area (Å²) in [6.45, 7) is 1.66. The van der Waals surface area contributed by atoms with Crippen LogP contribution in [-0.2, 0) is 14.1 Å². The van der Waals surface area contributed by atoms with E-state index >= 15 is 0 Å². The van der Waals surface area contributed by atoms with Crippen molar-refractivity contribution in [2.45, 2.75) is 6.92 Å². The number of hydrogen-bond donors (Lipinski definition) is 0. The van der Waals surface area contributed by atoms with Gasteiger partial charge in [0.25, 0.3) is 11.2 Å². The molecule has 9 nitrogen and oxygen atoms in total. The number of aromatic nitrogens is 3. The van der Waals surface area contributed by atoms with Gasteiger partial charge in [0.05, 0.1) is 28.6 Å². The van der Waals surface area contributed by atoms with E-state index in [1.807, 2.05) is 12.1 Å². The van der Waals surface area contributed by atoms with Gasteiger partial charge < -0.3 is 9.30 Å². The van der Waals surface area contributed by atoms with E-state index in [1.54, 1.807) is 56.1 Å². The summed E-state index contributed by atoms with van der Waals surface area (Å²) in [7, 11) is 4.56. The van der Waals surface area contributed by atoms with Crippen molar-refractivity contribution in [3.05, 3.63) is 85.2 Å². The second-order valence-corrected chi connectivity index (χ2v) is 7.27. The molecule has 158 valence electrons. The fourth-order valence-electron chi connectivity index (χ4n) is 3.72. The van der Waals surface area contributed by atoms with Gasteiger partial charge in [-0.25, -0.2) is 4.79 Å². The maximum absolute atomic E-state index is 13.1. The zero-order valence-corrected chi connectivity index (χ0v) is 17.4. The van der Waals surface area contributed by atoms with Gasteiger partial charge in [0.2, 0.25) is 0 Å². The zero-order valence-electron chi connectivity index (χ0n) is 17.4. The number of ether oxygens (including phenoxy) is 1. The number of nitro groups is 1. The molecule has 0 saturated carbocycles. The van der Waals surface area contributed by atoms with Crippen molar-refractivity contribution >= 4 is 16.6 Å². The molecule has 0 N–H and O–H groups in total. The first kappa shape index (κ1) is 20.1. The molecule has 0 radical (unpaired) electrons. The van der Waals surface area contributed by atoms with Crippen LogP contribution in [0.2, 0.25) is 0 Å². The van der Waals surface area contributed by atoms with Crippen molar-refractivity contribution in [3.63, 3.8) is 0 Å². The average Bonchev–Trinajstić information content (AvgIpc) is 3.17. The number of fused-ring (bicyclic) bond motifs is 1. The Morgan fingerprint density at radius 1 is 1.00 bits per heavy atom. The van der Waals surface area contributed by atoms with Crippen molar-refractivity contribution in [2.24, 2.45) is 14.1 Å². The summed E-state index contributed by atoms with van der Waals surface area (Å²) in [5.41, 5.74) is 1.66. The lowest BCUT2D eigenvalue weighted by molar-refractivity contribution is -0.385. The van der Waals surface area contributed by atoms with Gasteiger partial charge >= 0.3 is 5.69 Å². The lowest BCUT2D eigenvalue weighted by Gasteiger charge is -2.11. The number of nitrogens with zero attached hydrogens (tertiary/aromatic N) is 4. The first-order chi connectivity index (χ1) is 14.7. The van der Waals surface area contributed by atoms with Gasteiger partial charge in [-0.15, -0.1) is 0 Å². The molecule has 0 amide bonds. The molecule has 0 spiro atoms. The fourth-order valence-corrected chi connectivity index (χ4v) is 3.72. The molecule has 0 unspecified atom stereocenters. The van der Waals surface area contributed by atoms with Crippen LogP contribution in [0.25, 0.3) is 27.8 Å². The Labute approximate surface area is 176 Å². The van der Waals surface area contributed by atoms with E-state index in [2.05, 4.69) is 0 Å². The van der Waals surface area contributed by atoms with Crippen molar-refractivity contribution in [2.75, 3.05) is 7.11 Å². The second kappa shape index (κ2) is 7.28. The molecule has 0 fully saturated rings. The van der Waals surface area contributed by atoms with Crippen LogP contribution < -0.4 is 16.0 Å². The third kappa shape index (κ3) is 3.10. The van der Waals surface area contributed by atoms with Crippen LogP contribution in [-0.4, -0.2) is 25.7 Å². The van der Waals surface area contributed by atoms with Crippen LogP contribution in [0.15, 0.2) is 58.3 Å². The highest BCUT2D eigenvalue weighted by atomic mass is 16.6. The molecule has 2 aromatic carbocycles. The largest absolute Gasteiger partial charge is 0.497 e. The standard InChI is InChI=1S/C22H20N4O5/c1-13-5-6-14(11-17(13)26(29)30)20-19-18(23(2)22(28)24(3)21(19)27)12-25(20)15-7-9-16(31-4)10-8-15/h5-12H,1-4H3. The third-order valence-corrected chi connectivity index (χ3v) is 5.47. The molecule has 31 heavy (non-hydrogen) atoms. The first-order valence-electron chi connectivity index (χ1n) is 9.45. The second-order valence-electron chi connectivity index (χ2n) is 7.27. The maximum Gasteiger partial charge on any atom is 0.330 e. The minimum absolute atomic E-state index is 0.0465. The highest BCUT2D eigenvalue weighted by Crippen LogP contribution is 2.34. The van der Waals surface area contributed by atoms with Crippen LogP contribution >= 0.6 is 0 Å². The van der Waals surface area contributed by atoms with Gasteiger partial charge in [-0.1, -0.05) is 12.1 Å². The van der Waals surface area contributed by atoms with E-state index in [4.69, 9.17) is 4.74 Å². The molecule has 4 rings (SSSR count). The van der Waals surface area contributed by atoms with Crippen LogP contribution in [0.4, 0.5) is 5.69 Å². The van der Waals surface area contributed by atoms with E-state index in [0.29, 0.717) is 39.2 Å². The Morgan fingerprint density at radius 2 is 1.68 bits per heavy atom. The highest BCUT2D eigenvalue weighted by Gasteiger charge is 2.22. The Kier molecular flexibility index (Phi) is 4.73. The molecule has 2 aromatic heterocycles. The lowest BCUT2D eigenvalue weighted by Crippen LogP contribution is -2.36. The monoisotopic (exact) mass is 420 g/mol.